The summed E-state index contributed by atoms with van der Waals surface area (Å²) in [6, 6.07) is 5.04. The Morgan fingerprint density at radius 1 is 1.19 bits per heavy atom. The van der Waals surface area contributed by atoms with Gasteiger partial charge in [0.15, 0.2) is 0 Å². The van der Waals surface area contributed by atoms with Crippen molar-refractivity contribution >= 4 is 0 Å². The van der Waals surface area contributed by atoms with E-state index in [1.165, 1.54) is 38.2 Å². The highest BCUT2D eigenvalue weighted by molar-refractivity contribution is 5.29. The van der Waals surface area contributed by atoms with Crippen LogP contribution in [0.5, 0.6) is 5.75 Å². The van der Waals surface area contributed by atoms with Gasteiger partial charge in [0.05, 0.1) is 6.61 Å². The van der Waals surface area contributed by atoms with Crippen molar-refractivity contribution in [1.29, 1.82) is 0 Å². The van der Waals surface area contributed by atoms with Gasteiger partial charge >= 0.3 is 0 Å². The van der Waals surface area contributed by atoms with Gasteiger partial charge in [-0.05, 0) is 48.9 Å². The first-order valence-electron chi connectivity index (χ1n) is 8.26. The van der Waals surface area contributed by atoms with Gasteiger partial charge in [-0.15, -0.1) is 0 Å². The lowest BCUT2D eigenvalue weighted by Crippen LogP contribution is -2.19. The minimum atomic E-state index is -0.211. The summed E-state index contributed by atoms with van der Waals surface area (Å²) in [4.78, 5) is 0. The van der Waals surface area contributed by atoms with Crippen molar-refractivity contribution < 1.29 is 9.13 Å². The molecule has 1 N–H and O–H groups in total. The van der Waals surface area contributed by atoms with Gasteiger partial charge in [0.2, 0.25) is 0 Å². The monoisotopic (exact) mass is 293 g/mol. The molecule has 1 fully saturated rings. The van der Waals surface area contributed by atoms with E-state index in [4.69, 9.17) is 4.74 Å². The number of nitrogens with one attached hydrogen (secondary N) is 1. The summed E-state index contributed by atoms with van der Waals surface area (Å²) in [5.41, 5.74) is 0.953. The Labute approximate surface area is 128 Å². The van der Waals surface area contributed by atoms with E-state index in [0.29, 0.717) is 24.1 Å². The molecule has 1 aliphatic rings. The van der Waals surface area contributed by atoms with Gasteiger partial charge < -0.3 is 10.1 Å². The second kappa shape index (κ2) is 8.38. The number of ether oxygens (including phenoxy) is 1. The van der Waals surface area contributed by atoms with Crippen LogP contribution in [-0.2, 0) is 6.54 Å². The third-order valence-corrected chi connectivity index (χ3v) is 4.02. The van der Waals surface area contributed by atoms with Gasteiger partial charge in [0, 0.05) is 12.6 Å². The molecule has 1 saturated carbocycles. The average Bonchev–Trinajstić information content (AvgIpc) is 2.45. The Kier molecular flexibility index (Phi) is 6.50. The lowest BCUT2D eigenvalue weighted by atomic mass is 9.90. The smallest absolute Gasteiger partial charge is 0.127 e. The largest absolute Gasteiger partial charge is 0.493 e. The van der Waals surface area contributed by atoms with E-state index < -0.39 is 0 Å². The molecule has 0 heterocycles. The van der Waals surface area contributed by atoms with Crippen molar-refractivity contribution in [3.05, 3.63) is 29.6 Å². The molecule has 0 bridgehead atoms. The van der Waals surface area contributed by atoms with Gasteiger partial charge in [-0.25, -0.2) is 4.39 Å². The van der Waals surface area contributed by atoms with Crippen LogP contribution in [0.3, 0.4) is 0 Å². The molecule has 0 aliphatic heterocycles. The molecule has 2 rings (SSSR count). The fourth-order valence-electron chi connectivity index (χ4n) is 2.88. The molecule has 0 radical (unpaired) electrons. The van der Waals surface area contributed by atoms with Crippen molar-refractivity contribution in [2.24, 2.45) is 11.8 Å². The molecule has 0 amide bonds. The van der Waals surface area contributed by atoms with Gasteiger partial charge in [-0.2, -0.15) is 0 Å². The molecule has 118 valence electrons. The maximum Gasteiger partial charge on any atom is 0.127 e. The fraction of sp³-hybridized carbons (Fsp3) is 0.667. The van der Waals surface area contributed by atoms with Crippen LogP contribution in [0.1, 0.15) is 51.5 Å². The number of hydrogen-bond donors (Lipinski definition) is 1. The summed E-state index contributed by atoms with van der Waals surface area (Å²) in [7, 11) is 0. The highest BCUT2D eigenvalue weighted by atomic mass is 19.1. The van der Waals surface area contributed by atoms with Crippen LogP contribution in [0.4, 0.5) is 4.39 Å². The Bertz CT molecular complexity index is 427. The van der Waals surface area contributed by atoms with E-state index in [9.17, 15) is 4.39 Å². The Morgan fingerprint density at radius 3 is 2.67 bits per heavy atom. The Balaban J connectivity index is 1.85. The van der Waals surface area contributed by atoms with Gasteiger partial charge in [-0.1, -0.05) is 33.1 Å². The van der Waals surface area contributed by atoms with E-state index >= 15 is 0 Å². The summed E-state index contributed by atoms with van der Waals surface area (Å²) in [6.45, 7) is 6.68. The van der Waals surface area contributed by atoms with E-state index in [2.05, 4.69) is 19.2 Å². The highest BCUT2D eigenvalue weighted by Gasteiger charge is 2.14. The number of hydrogen-bond acceptors (Lipinski definition) is 2. The molecule has 3 heteroatoms. The normalized spacial score (nSPS) is 16.4. The van der Waals surface area contributed by atoms with Crippen molar-refractivity contribution in [2.45, 2.75) is 52.5 Å². The zero-order valence-corrected chi connectivity index (χ0v) is 13.3. The molecule has 1 aromatic rings. The minimum absolute atomic E-state index is 0.211. The Hall–Kier alpha value is -1.09. The standard InChI is InChI=1S/C18H28FNO/c1-14(2)11-20-12-16-8-17(19)10-18(9-16)21-13-15-6-4-3-5-7-15/h8-10,14-15,20H,3-7,11-13H2,1-2H3. The van der Waals surface area contributed by atoms with Gasteiger partial charge in [-0.3, -0.25) is 0 Å². The molecule has 0 atom stereocenters. The highest BCUT2D eigenvalue weighted by Crippen LogP contribution is 2.25. The van der Waals surface area contributed by atoms with Crippen molar-refractivity contribution in [2.75, 3.05) is 13.2 Å². The summed E-state index contributed by atoms with van der Waals surface area (Å²) < 4.78 is 19.5. The molecule has 0 spiro atoms. The lowest BCUT2D eigenvalue weighted by molar-refractivity contribution is 0.208. The number of rotatable bonds is 7. The van der Waals surface area contributed by atoms with Gasteiger partial charge in [0.1, 0.15) is 11.6 Å². The van der Waals surface area contributed by atoms with Crippen molar-refractivity contribution in [3.63, 3.8) is 0 Å². The second-order valence-electron chi connectivity index (χ2n) is 6.63. The number of halogens is 1. The third-order valence-electron chi connectivity index (χ3n) is 4.02. The van der Waals surface area contributed by atoms with E-state index in [-0.39, 0.29) is 5.82 Å². The zero-order valence-electron chi connectivity index (χ0n) is 13.3. The third kappa shape index (κ3) is 6.04. The molecular weight excluding hydrogens is 265 g/mol. The van der Waals surface area contributed by atoms with Crippen LogP contribution in [0.2, 0.25) is 0 Å². The summed E-state index contributed by atoms with van der Waals surface area (Å²) in [5.74, 6) is 1.70. The minimum Gasteiger partial charge on any atom is -0.493 e. The second-order valence-corrected chi connectivity index (χ2v) is 6.63. The molecule has 1 aliphatic carbocycles. The summed E-state index contributed by atoms with van der Waals surface area (Å²) in [5, 5.41) is 3.34. The molecule has 1 aromatic carbocycles. The summed E-state index contributed by atoms with van der Waals surface area (Å²) in [6.07, 6.45) is 6.46. The molecule has 2 nitrogen and oxygen atoms in total. The van der Waals surface area contributed by atoms with Crippen molar-refractivity contribution in [3.8, 4) is 5.75 Å². The number of benzene rings is 1. The van der Waals surface area contributed by atoms with Gasteiger partial charge in [0.25, 0.3) is 0 Å². The first kappa shape index (κ1) is 16.3. The molecule has 0 aromatic heterocycles. The van der Waals surface area contributed by atoms with Crippen LogP contribution < -0.4 is 10.1 Å². The molecule has 21 heavy (non-hydrogen) atoms. The average molecular weight is 293 g/mol. The first-order valence-corrected chi connectivity index (χ1v) is 8.26. The summed E-state index contributed by atoms with van der Waals surface area (Å²) >= 11 is 0. The zero-order chi connectivity index (χ0) is 15.1. The maximum atomic E-state index is 13.7. The molecule has 0 unspecified atom stereocenters. The predicted octanol–water partition coefficient (Wildman–Crippen LogP) is 4.53. The van der Waals surface area contributed by atoms with Crippen LogP contribution in [0.15, 0.2) is 18.2 Å². The quantitative estimate of drug-likeness (QED) is 0.797. The SMILES string of the molecule is CC(C)CNCc1cc(F)cc(OCC2CCCCC2)c1. The van der Waals surface area contributed by atoms with Crippen LogP contribution >= 0.6 is 0 Å². The molecule has 0 saturated heterocycles. The van der Waals surface area contributed by atoms with Crippen LogP contribution in [-0.4, -0.2) is 13.2 Å². The first-order chi connectivity index (χ1) is 10.1. The fourth-order valence-corrected chi connectivity index (χ4v) is 2.88. The Morgan fingerprint density at radius 2 is 1.95 bits per heavy atom. The van der Waals surface area contributed by atoms with E-state index in [1.807, 2.05) is 6.07 Å². The van der Waals surface area contributed by atoms with E-state index in [1.54, 1.807) is 6.07 Å². The van der Waals surface area contributed by atoms with Crippen LogP contribution in [0.25, 0.3) is 0 Å². The van der Waals surface area contributed by atoms with Crippen molar-refractivity contribution in [1.82, 2.24) is 5.32 Å². The lowest BCUT2D eigenvalue weighted by Gasteiger charge is -2.21. The molecular formula is C18H28FNO. The maximum absolute atomic E-state index is 13.7. The van der Waals surface area contributed by atoms with E-state index in [0.717, 1.165) is 18.7 Å². The predicted molar refractivity (Wildman–Crippen MR) is 85.0 cm³/mol. The van der Waals surface area contributed by atoms with Crippen LogP contribution in [0, 0.1) is 17.7 Å². The topological polar surface area (TPSA) is 21.3 Å².